The Morgan fingerprint density at radius 2 is 1.61 bits per heavy atom. The van der Waals surface area contributed by atoms with Crippen LogP contribution in [0.1, 0.15) is 43.2 Å². The first-order valence-electron chi connectivity index (χ1n) is 7.58. The minimum atomic E-state index is -0.0110. The van der Waals surface area contributed by atoms with Gasteiger partial charge in [-0.2, -0.15) is 0 Å². The van der Waals surface area contributed by atoms with Crippen molar-refractivity contribution in [3.63, 3.8) is 0 Å². The van der Waals surface area contributed by atoms with Crippen molar-refractivity contribution in [2.45, 2.75) is 34.6 Å². The highest BCUT2D eigenvalue weighted by atomic mass is 32.1. The van der Waals surface area contributed by atoms with Crippen LogP contribution in [-0.2, 0) is 0 Å². The summed E-state index contributed by atoms with van der Waals surface area (Å²) in [6.07, 6.45) is 0. The van der Waals surface area contributed by atoms with Crippen molar-refractivity contribution in [2.75, 3.05) is 5.73 Å². The minimum Gasteiger partial charge on any atom is -0.397 e. The molecule has 23 heavy (non-hydrogen) atoms. The number of benzene rings is 1. The molecule has 0 aliphatic rings. The molecule has 0 spiro atoms. The quantitative estimate of drug-likeness (QED) is 0.698. The number of aromatic nitrogens is 1. The monoisotopic (exact) mass is 324 g/mol. The predicted molar refractivity (Wildman–Crippen MR) is 97.6 cm³/mol. The van der Waals surface area contributed by atoms with Crippen LogP contribution in [0.4, 0.5) is 5.69 Å². The van der Waals surface area contributed by atoms with Crippen molar-refractivity contribution in [3.8, 4) is 0 Å². The third kappa shape index (κ3) is 2.53. The normalized spacial score (nSPS) is 11.2. The maximum Gasteiger partial charge on any atom is 0.205 e. The Kier molecular flexibility index (Phi) is 3.72. The highest BCUT2D eigenvalue weighted by Gasteiger charge is 2.21. The molecule has 4 heteroatoms. The number of rotatable bonds is 2. The van der Waals surface area contributed by atoms with Crippen molar-refractivity contribution in [2.24, 2.45) is 0 Å². The van der Waals surface area contributed by atoms with Crippen molar-refractivity contribution in [1.82, 2.24) is 4.98 Å². The van der Waals surface area contributed by atoms with E-state index < -0.39 is 0 Å². The number of thiophene rings is 1. The molecule has 0 aliphatic carbocycles. The average molecular weight is 324 g/mol. The molecular formula is C19H20N2OS. The molecule has 0 radical (unpaired) electrons. The highest BCUT2D eigenvalue weighted by Crippen LogP contribution is 2.36. The summed E-state index contributed by atoms with van der Waals surface area (Å²) in [4.78, 5) is 19.0. The Morgan fingerprint density at radius 3 is 2.30 bits per heavy atom. The van der Waals surface area contributed by atoms with Crippen LogP contribution in [0, 0.1) is 34.6 Å². The van der Waals surface area contributed by atoms with Gasteiger partial charge in [-0.25, -0.2) is 4.98 Å². The van der Waals surface area contributed by atoms with E-state index in [-0.39, 0.29) is 5.78 Å². The van der Waals surface area contributed by atoms with Gasteiger partial charge in [0.05, 0.1) is 5.69 Å². The van der Waals surface area contributed by atoms with Gasteiger partial charge in [0.2, 0.25) is 5.78 Å². The molecule has 2 N–H and O–H groups in total. The lowest BCUT2D eigenvalue weighted by Crippen LogP contribution is -2.05. The third-order valence-electron chi connectivity index (χ3n) is 4.32. The first kappa shape index (κ1) is 15.7. The fourth-order valence-corrected chi connectivity index (χ4v) is 4.14. The van der Waals surface area contributed by atoms with Crippen LogP contribution in [0.15, 0.2) is 18.2 Å². The van der Waals surface area contributed by atoms with Gasteiger partial charge >= 0.3 is 0 Å². The summed E-state index contributed by atoms with van der Waals surface area (Å²) < 4.78 is 0. The van der Waals surface area contributed by atoms with Gasteiger partial charge in [0.1, 0.15) is 9.71 Å². The van der Waals surface area contributed by atoms with Crippen LogP contribution >= 0.6 is 11.3 Å². The fraction of sp³-hybridized carbons (Fsp3) is 0.263. The number of nitrogen functional groups attached to an aromatic ring is 1. The number of hydrogen-bond donors (Lipinski definition) is 1. The van der Waals surface area contributed by atoms with Crippen molar-refractivity contribution in [3.05, 3.63) is 56.6 Å². The molecular weight excluding hydrogens is 304 g/mol. The summed E-state index contributed by atoms with van der Waals surface area (Å²) >= 11 is 1.39. The van der Waals surface area contributed by atoms with Gasteiger partial charge in [0.15, 0.2) is 0 Å². The number of carbonyl (C=O) groups is 1. The van der Waals surface area contributed by atoms with Crippen molar-refractivity contribution < 1.29 is 4.79 Å². The summed E-state index contributed by atoms with van der Waals surface area (Å²) in [5.41, 5.74) is 12.9. The molecule has 2 aromatic heterocycles. The minimum absolute atomic E-state index is 0.0110. The second-order valence-corrected chi connectivity index (χ2v) is 7.19. The maximum absolute atomic E-state index is 13.0. The molecule has 118 valence electrons. The molecule has 0 amide bonds. The van der Waals surface area contributed by atoms with Gasteiger partial charge < -0.3 is 5.73 Å². The number of aryl methyl sites for hydroxylation is 5. The Labute approximate surface area is 140 Å². The number of nitrogens with zero attached hydrogens (tertiary/aromatic N) is 1. The molecule has 3 rings (SSSR count). The van der Waals surface area contributed by atoms with Crippen LogP contribution in [-0.4, -0.2) is 10.8 Å². The maximum atomic E-state index is 13.0. The topological polar surface area (TPSA) is 56.0 Å². The zero-order chi connectivity index (χ0) is 16.9. The molecule has 0 aliphatic heterocycles. The summed E-state index contributed by atoms with van der Waals surface area (Å²) in [7, 11) is 0. The summed E-state index contributed by atoms with van der Waals surface area (Å²) in [5, 5.41) is 0.908. The number of carbonyl (C=O) groups excluding carboxylic acids is 1. The van der Waals surface area contributed by atoms with Crippen LogP contribution in [0.5, 0.6) is 0 Å². The third-order valence-corrected chi connectivity index (χ3v) is 5.41. The molecule has 0 unspecified atom stereocenters. The zero-order valence-corrected chi connectivity index (χ0v) is 14.9. The van der Waals surface area contributed by atoms with Crippen molar-refractivity contribution >= 4 is 33.0 Å². The molecule has 3 aromatic rings. The van der Waals surface area contributed by atoms with E-state index in [0.717, 1.165) is 38.2 Å². The van der Waals surface area contributed by atoms with E-state index in [4.69, 9.17) is 5.73 Å². The number of hydrogen-bond acceptors (Lipinski definition) is 4. The van der Waals surface area contributed by atoms with Crippen molar-refractivity contribution in [1.29, 1.82) is 0 Å². The van der Waals surface area contributed by atoms with Gasteiger partial charge in [-0.1, -0.05) is 6.07 Å². The molecule has 1 aromatic carbocycles. The standard InChI is InChI=1S/C19H20N2OS/c1-9-6-11(3)14(8-10(9)2)17(22)18-16(20)15-12(4)7-13(5)21-19(15)23-18/h6-8H,20H2,1-5H3. The second-order valence-electron chi connectivity index (χ2n) is 6.19. The van der Waals surface area contributed by atoms with Gasteiger partial charge in [-0.15, -0.1) is 11.3 Å². The number of anilines is 1. The van der Waals surface area contributed by atoms with Crippen LogP contribution in [0.2, 0.25) is 0 Å². The molecule has 2 heterocycles. The van der Waals surface area contributed by atoms with Gasteiger partial charge in [-0.05, 0) is 69.0 Å². The Bertz CT molecular complexity index is 954. The predicted octanol–water partition coefficient (Wildman–Crippen LogP) is 4.65. The van der Waals surface area contributed by atoms with E-state index in [9.17, 15) is 4.79 Å². The summed E-state index contributed by atoms with van der Waals surface area (Å²) in [6, 6.07) is 6.02. The molecule has 3 nitrogen and oxygen atoms in total. The van der Waals surface area contributed by atoms with E-state index in [1.165, 1.54) is 16.9 Å². The SMILES string of the molecule is Cc1cc(C)c2c(N)c(C(=O)c3cc(C)c(C)cc3C)sc2n1. The molecule has 0 bridgehead atoms. The fourth-order valence-electron chi connectivity index (χ4n) is 2.97. The van der Waals surface area contributed by atoms with Gasteiger partial charge in [0.25, 0.3) is 0 Å². The first-order chi connectivity index (χ1) is 10.8. The number of nitrogens with two attached hydrogens (primary N) is 1. The number of ketones is 1. The van der Waals surface area contributed by atoms with Gasteiger partial charge in [-0.3, -0.25) is 4.79 Å². The lowest BCUT2D eigenvalue weighted by atomic mass is 9.97. The lowest BCUT2D eigenvalue weighted by molar-refractivity contribution is 0.104. The Balaban J connectivity index is 2.21. The van der Waals surface area contributed by atoms with E-state index >= 15 is 0 Å². The summed E-state index contributed by atoms with van der Waals surface area (Å²) in [5.74, 6) is -0.0110. The zero-order valence-electron chi connectivity index (χ0n) is 14.1. The first-order valence-corrected chi connectivity index (χ1v) is 8.40. The smallest absolute Gasteiger partial charge is 0.205 e. The second kappa shape index (κ2) is 5.46. The number of fused-ring (bicyclic) bond motifs is 1. The van der Waals surface area contributed by atoms with Crippen LogP contribution in [0.25, 0.3) is 10.2 Å². The molecule has 0 atom stereocenters. The molecule has 0 saturated carbocycles. The van der Waals surface area contributed by atoms with E-state index in [2.05, 4.69) is 18.0 Å². The van der Waals surface area contributed by atoms with E-state index in [1.54, 1.807) is 0 Å². The van der Waals surface area contributed by atoms with E-state index in [0.29, 0.717) is 10.6 Å². The molecule has 0 fully saturated rings. The van der Waals surface area contributed by atoms with Crippen LogP contribution < -0.4 is 5.73 Å². The number of pyridine rings is 1. The molecule has 0 saturated heterocycles. The lowest BCUT2D eigenvalue weighted by Gasteiger charge is -2.08. The Hall–Kier alpha value is -2.20. The largest absolute Gasteiger partial charge is 0.397 e. The van der Waals surface area contributed by atoms with Gasteiger partial charge in [0, 0.05) is 16.6 Å². The average Bonchev–Trinajstić information content (AvgIpc) is 2.79. The van der Waals surface area contributed by atoms with E-state index in [1.807, 2.05) is 39.8 Å². The highest BCUT2D eigenvalue weighted by molar-refractivity contribution is 7.21. The Morgan fingerprint density at radius 1 is 0.957 bits per heavy atom. The summed E-state index contributed by atoms with van der Waals surface area (Å²) in [6.45, 7) is 10.0. The van der Waals surface area contributed by atoms with Crippen LogP contribution in [0.3, 0.4) is 0 Å².